The zero-order valence-corrected chi connectivity index (χ0v) is 7.07. The van der Waals surface area contributed by atoms with Gasteiger partial charge in [0.2, 0.25) is 0 Å². The molecule has 0 aliphatic carbocycles. The molecule has 0 aliphatic heterocycles. The van der Waals surface area contributed by atoms with Crippen LogP contribution in [-0.4, -0.2) is 27.6 Å². The molecule has 0 unspecified atom stereocenters. The average Bonchev–Trinajstić information content (AvgIpc) is 1.63. The smallest absolute Gasteiger partial charge is 0.383 e. The van der Waals surface area contributed by atoms with Crippen molar-refractivity contribution in [3.8, 4) is 0 Å². The molecule has 0 heterocycles. The van der Waals surface area contributed by atoms with Crippen LogP contribution in [0.5, 0.6) is 0 Å². The zero-order chi connectivity index (χ0) is 7.33. The molecule has 0 aliphatic rings. The Hall–Kier alpha value is 0.420. The van der Waals surface area contributed by atoms with Crippen molar-refractivity contribution in [2.45, 2.75) is 6.42 Å². The molecule has 0 amide bonds. The van der Waals surface area contributed by atoms with Crippen molar-refractivity contribution in [3.63, 3.8) is 0 Å². The molecule has 0 aromatic rings. The Balaban J connectivity index is 0. The van der Waals surface area contributed by atoms with Crippen LogP contribution in [-0.2, 0) is 4.57 Å². The van der Waals surface area contributed by atoms with Crippen LogP contribution in [0.15, 0.2) is 0 Å². The summed E-state index contributed by atoms with van der Waals surface area (Å²) < 4.78 is 10.1. The van der Waals surface area contributed by atoms with Gasteiger partial charge >= 0.3 is 6.80 Å². The highest BCUT2D eigenvalue weighted by Crippen LogP contribution is 2.50. The van der Waals surface area contributed by atoms with Crippen molar-refractivity contribution < 1.29 is 19.8 Å². The van der Waals surface area contributed by atoms with Crippen LogP contribution in [0.2, 0.25) is 0 Å². The number of hydrogen-bond acceptors (Lipinski definition) is 3. The third-order valence-corrected chi connectivity index (χ3v) is 2.97. The third-order valence-electron chi connectivity index (χ3n) is 0.608. The molecule has 0 aromatic carbocycles. The monoisotopic (exact) mass is 189 g/mol. The number of nitrogens with two attached hydrogens (primary N) is 1. The van der Waals surface area contributed by atoms with E-state index in [4.69, 9.17) is 15.5 Å². The first-order chi connectivity index (χ1) is 4.06. The minimum Gasteiger partial charge on any atom is -0.412 e. The summed E-state index contributed by atoms with van der Waals surface area (Å²) in [7, 11) is 0. The first-order valence-electron chi connectivity index (χ1n) is 2.46. The van der Waals surface area contributed by atoms with Gasteiger partial charge < -0.3 is 21.0 Å². The summed E-state index contributed by atoms with van der Waals surface area (Å²) in [6, 6.07) is 0. The Morgan fingerprint density at radius 3 is 2.30 bits per heavy atom. The van der Waals surface area contributed by atoms with Crippen molar-refractivity contribution in [1.82, 2.24) is 0 Å². The lowest BCUT2D eigenvalue weighted by Crippen LogP contribution is -1.99. The minimum absolute atomic E-state index is 0. The van der Waals surface area contributed by atoms with E-state index < -0.39 is 6.80 Å². The first kappa shape index (κ1) is 13.0. The summed E-state index contributed by atoms with van der Waals surface area (Å²) in [5.74, 6) is 0.431. The second-order valence-electron chi connectivity index (χ2n) is 1.47. The molecule has 0 saturated carbocycles. The summed E-state index contributed by atoms with van der Waals surface area (Å²) >= 11 is 0.645. The first-order valence-corrected chi connectivity index (χ1v) is 5.67. The molecule has 7 heteroatoms. The van der Waals surface area contributed by atoms with E-state index in [1.807, 2.05) is 0 Å². The Kier molecular flexibility index (Phi) is 8.02. The average molecular weight is 189 g/mol. The molecule has 0 bridgehead atoms. The van der Waals surface area contributed by atoms with Gasteiger partial charge in [0.05, 0.1) is 0 Å². The van der Waals surface area contributed by atoms with Crippen LogP contribution < -0.4 is 5.73 Å². The lowest BCUT2D eigenvalue weighted by atomic mass is 10.5. The van der Waals surface area contributed by atoms with Crippen LogP contribution in [0.1, 0.15) is 6.42 Å². The summed E-state index contributed by atoms with van der Waals surface area (Å²) in [4.78, 5) is 16.6. The lowest BCUT2D eigenvalue weighted by molar-refractivity contribution is 0.397. The quantitative estimate of drug-likeness (QED) is 0.401. The van der Waals surface area contributed by atoms with Crippen LogP contribution in [0, 0.1) is 0 Å². The molecule has 0 atom stereocenters. The van der Waals surface area contributed by atoms with Crippen molar-refractivity contribution >= 4 is 18.2 Å². The van der Waals surface area contributed by atoms with Crippen molar-refractivity contribution in [2.24, 2.45) is 5.73 Å². The van der Waals surface area contributed by atoms with Gasteiger partial charge in [0.25, 0.3) is 0 Å². The second kappa shape index (κ2) is 6.15. The van der Waals surface area contributed by atoms with E-state index in [0.717, 1.165) is 0 Å². The molecule has 0 aromatic heterocycles. The fraction of sp³-hybridized carbons (Fsp3) is 1.00. The lowest BCUT2D eigenvalue weighted by Gasteiger charge is -1.99. The summed E-state index contributed by atoms with van der Waals surface area (Å²) in [6.45, 7) is -3.36. The molecule has 0 saturated heterocycles. The van der Waals surface area contributed by atoms with E-state index in [0.29, 0.717) is 30.1 Å². The van der Waals surface area contributed by atoms with Gasteiger partial charge in [-0.3, -0.25) is 0 Å². The fourth-order valence-corrected chi connectivity index (χ4v) is 1.90. The third kappa shape index (κ3) is 11.2. The van der Waals surface area contributed by atoms with E-state index in [2.05, 4.69) is 0 Å². The van der Waals surface area contributed by atoms with Crippen LogP contribution in [0.4, 0.5) is 0 Å². The highest BCUT2D eigenvalue weighted by molar-refractivity contribution is 8.54. The van der Waals surface area contributed by atoms with Crippen LogP contribution >= 0.6 is 18.2 Å². The van der Waals surface area contributed by atoms with Gasteiger partial charge in [-0.05, 0) is 24.3 Å². The Morgan fingerprint density at radius 1 is 1.50 bits per heavy atom. The maximum absolute atomic E-state index is 10.1. The highest BCUT2D eigenvalue weighted by atomic mass is 32.7. The Bertz CT molecular complexity index is 115. The van der Waals surface area contributed by atoms with Gasteiger partial charge in [-0.1, -0.05) is 0 Å². The van der Waals surface area contributed by atoms with Crippen LogP contribution in [0.25, 0.3) is 0 Å². The second-order valence-corrected chi connectivity index (χ2v) is 5.32. The minimum atomic E-state index is -3.83. The SMILES string of the molecule is NCCCSP(=O)(O)O.O. The molecule has 0 radical (unpaired) electrons. The zero-order valence-electron chi connectivity index (χ0n) is 5.36. The Morgan fingerprint density at radius 2 is 2.00 bits per heavy atom. The van der Waals surface area contributed by atoms with Crippen molar-refractivity contribution in [3.05, 3.63) is 0 Å². The largest absolute Gasteiger partial charge is 0.412 e. The summed E-state index contributed by atoms with van der Waals surface area (Å²) in [5, 5.41) is 0. The predicted molar refractivity (Wildman–Crippen MR) is 41.8 cm³/mol. The van der Waals surface area contributed by atoms with Gasteiger partial charge in [0, 0.05) is 5.75 Å². The molecule has 0 rings (SSSR count). The van der Waals surface area contributed by atoms with Crippen LogP contribution in [0.3, 0.4) is 0 Å². The molecule has 0 fully saturated rings. The van der Waals surface area contributed by atoms with E-state index in [-0.39, 0.29) is 5.48 Å². The molecule has 5 nitrogen and oxygen atoms in total. The molecular weight excluding hydrogens is 177 g/mol. The van der Waals surface area contributed by atoms with E-state index in [1.54, 1.807) is 0 Å². The maximum Gasteiger partial charge on any atom is 0.383 e. The predicted octanol–water partition coefficient (Wildman–Crippen LogP) is -0.664. The highest BCUT2D eigenvalue weighted by Gasteiger charge is 2.11. The van der Waals surface area contributed by atoms with E-state index in [9.17, 15) is 4.57 Å². The van der Waals surface area contributed by atoms with Gasteiger partial charge in [-0.25, -0.2) is 4.57 Å². The number of rotatable bonds is 4. The van der Waals surface area contributed by atoms with Gasteiger partial charge in [-0.2, -0.15) is 0 Å². The van der Waals surface area contributed by atoms with Gasteiger partial charge in [0.1, 0.15) is 0 Å². The van der Waals surface area contributed by atoms with Gasteiger partial charge in [-0.15, -0.1) is 0 Å². The molecule has 6 N–H and O–H groups in total. The summed E-state index contributed by atoms with van der Waals surface area (Å²) in [6.07, 6.45) is 0.649. The summed E-state index contributed by atoms with van der Waals surface area (Å²) in [5.41, 5.74) is 5.09. The van der Waals surface area contributed by atoms with Crippen molar-refractivity contribution in [2.75, 3.05) is 12.3 Å². The fourth-order valence-electron chi connectivity index (χ4n) is 0.267. The maximum atomic E-state index is 10.1. The van der Waals surface area contributed by atoms with Gasteiger partial charge in [0.15, 0.2) is 0 Å². The topological polar surface area (TPSA) is 115 Å². The van der Waals surface area contributed by atoms with Crippen molar-refractivity contribution in [1.29, 1.82) is 0 Å². The van der Waals surface area contributed by atoms with E-state index in [1.165, 1.54) is 0 Å². The molecular formula is C3H12NO4PS. The normalized spacial score (nSPS) is 10.7. The number of hydrogen-bond donors (Lipinski definition) is 3. The van der Waals surface area contributed by atoms with E-state index >= 15 is 0 Å². The molecule has 64 valence electrons. The molecule has 0 spiro atoms. The molecule has 10 heavy (non-hydrogen) atoms. The Labute approximate surface area is 63.2 Å². The standard InChI is InChI=1S/C3H10NO3PS.H2O/c4-2-1-3-9-8(5,6)7;/h1-4H2,(H2,5,6,7);1H2.